The largest absolute Gasteiger partial charge is 0.508 e. The minimum Gasteiger partial charge on any atom is -0.508 e. The van der Waals surface area contributed by atoms with Gasteiger partial charge < -0.3 is 20.1 Å². The zero-order valence-electron chi connectivity index (χ0n) is 21.7. The van der Waals surface area contributed by atoms with Crippen LogP contribution in [-0.2, 0) is 5.54 Å². The molecule has 3 N–H and O–H groups in total. The Bertz CT molecular complexity index is 1460. The van der Waals surface area contributed by atoms with Gasteiger partial charge in [-0.1, -0.05) is 58.0 Å². The second-order valence-corrected chi connectivity index (χ2v) is 8.14. The molecule has 1 amide bonds. The van der Waals surface area contributed by atoms with Crippen molar-refractivity contribution in [1.82, 2.24) is 5.01 Å². The van der Waals surface area contributed by atoms with Crippen LogP contribution in [0, 0.1) is 0 Å². The van der Waals surface area contributed by atoms with Crippen molar-refractivity contribution < 1.29 is 24.9 Å². The Labute approximate surface area is 221 Å². The van der Waals surface area contributed by atoms with E-state index in [-0.39, 0.29) is 23.2 Å². The number of aromatic hydroxyl groups is 3. The quantitative estimate of drug-likeness (QED) is 0.259. The number of carbonyl (C=O) groups excluding carboxylic acids is 1. The van der Waals surface area contributed by atoms with Crippen molar-refractivity contribution in [2.45, 2.75) is 33.2 Å². The van der Waals surface area contributed by atoms with Gasteiger partial charge >= 0.3 is 0 Å². The summed E-state index contributed by atoms with van der Waals surface area (Å²) in [6.07, 6.45) is 1.44. The lowest BCUT2D eigenvalue weighted by atomic mass is 9.75. The molecule has 38 heavy (non-hydrogen) atoms. The van der Waals surface area contributed by atoms with Gasteiger partial charge in [0, 0.05) is 39.9 Å². The van der Waals surface area contributed by atoms with Crippen LogP contribution in [0.5, 0.6) is 28.7 Å². The van der Waals surface area contributed by atoms with Crippen molar-refractivity contribution in [3.05, 3.63) is 113 Å². The number of ether oxygens (including phenoxy) is 1. The van der Waals surface area contributed by atoms with Gasteiger partial charge in [-0.05, 0) is 42.5 Å². The summed E-state index contributed by atoms with van der Waals surface area (Å²) >= 11 is 0. The van der Waals surface area contributed by atoms with Crippen molar-refractivity contribution in [3.8, 4) is 28.7 Å². The van der Waals surface area contributed by atoms with Gasteiger partial charge in [0.15, 0.2) is 0 Å². The van der Waals surface area contributed by atoms with Crippen molar-refractivity contribution in [3.63, 3.8) is 0 Å². The van der Waals surface area contributed by atoms with Gasteiger partial charge in [-0.3, -0.25) is 4.79 Å². The van der Waals surface area contributed by atoms with E-state index in [4.69, 9.17) is 4.74 Å². The third-order valence-corrected chi connectivity index (χ3v) is 6.24. The first-order chi connectivity index (χ1) is 18.5. The van der Waals surface area contributed by atoms with E-state index in [0.29, 0.717) is 39.3 Å². The van der Waals surface area contributed by atoms with Crippen LogP contribution in [0.15, 0.2) is 90.0 Å². The Hall–Kier alpha value is -4.78. The number of fused-ring (bicyclic) bond motifs is 6. The highest BCUT2D eigenvalue weighted by atomic mass is 16.5. The second kappa shape index (κ2) is 10.7. The predicted molar refractivity (Wildman–Crippen MR) is 147 cm³/mol. The molecular weight excluding hydrogens is 480 g/mol. The number of phenolic OH excluding ortho intramolecular Hbond substituents is 3. The summed E-state index contributed by atoms with van der Waals surface area (Å²) in [4.78, 5) is 13.7. The minimum absolute atomic E-state index is 0.000583. The van der Waals surface area contributed by atoms with Gasteiger partial charge in [0.2, 0.25) is 0 Å². The first-order valence-electron chi connectivity index (χ1n) is 12.6. The number of rotatable bonds is 2. The summed E-state index contributed by atoms with van der Waals surface area (Å²) in [5.74, 6) is 0.378. The normalized spacial score (nSPS) is 13.9. The maximum Gasteiger partial charge on any atom is 0.275 e. The number of amides is 1. The second-order valence-electron chi connectivity index (χ2n) is 8.14. The highest BCUT2D eigenvalue weighted by molar-refractivity contribution is 6.03. The Balaban J connectivity index is 0.000000804. The lowest BCUT2D eigenvalue weighted by molar-refractivity contribution is 0.0675. The van der Waals surface area contributed by atoms with E-state index in [1.54, 1.807) is 48.5 Å². The highest BCUT2D eigenvalue weighted by Crippen LogP contribution is 2.58. The fraction of sp³-hybridized carbons (Fsp3) is 0.161. The van der Waals surface area contributed by atoms with Crippen molar-refractivity contribution >= 4 is 12.1 Å². The third-order valence-electron chi connectivity index (χ3n) is 6.24. The number of para-hydroxylation sites is 1. The molecule has 0 unspecified atom stereocenters. The summed E-state index contributed by atoms with van der Waals surface area (Å²) in [7, 11) is 0. The van der Waals surface area contributed by atoms with Gasteiger partial charge in [-0.25, -0.2) is 5.01 Å². The van der Waals surface area contributed by atoms with Crippen molar-refractivity contribution in [2.24, 2.45) is 5.10 Å². The average molecular weight is 511 g/mol. The molecular formula is C31H30N2O5. The number of nitrogens with zero attached hydrogens (tertiary/aromatic N) is 2. The molecule has 0 aliphatic carbocycles. The van der Waals surface area contributed by atoms with E-state index in [1.165, 1.54) is 35.5 Å². The molecule has 0 radical (unpaired) electrons. The van der Waals surface area contributed by atoms with Gasteiger partial charge in [-0.15, -0.1) is 0 Å². The maximum atomic E-state index is 13.7. The zero-order valence-corrected chi connectivity index (χ0v) is 21.7. The molecule has 0 saturated heterocycles. The fourth-order valence-corrected chi connectivity index (χ4v) is 4.79. The monoisotopic (exact) mass is 510 g/mol. The minimum atomic E-state index is -1.22. The number of phenols is 3. The summed E-state index contributed by atoms with van der Waals surface area (Å²) in [6.45, 7) is 8.00. The van der Waals surface area contributed by atoms with Crippen LogP contribution in [-0.4, -0.2) is 32.5 Å². The van der Waals surface area contributed by atoms with E-state index < -0.39 is 5.54 Å². The molecule has 0 aromatic heterocycles. The molecule has 7 heteroatoms. The van der Waals surface area contributed by atoms with Crippen LogP contribution < -0.4 is 4.74 Å². The molecule has 2 aliphatic heterocycles. The summed E-state index contributed by atoms with van der Waals surface area (Å²) in [6, 6.07) is 23.4. The third kappa shape index (κ3) is 4.02. The molecule has 6 rings (SSSR count). The lowest BCUT2D eigenvalue weighted by Crippen LogP contribution is -2.44. The van der Waals surface area contributed by atoms with Gasteiger partial charge in [-0.2, -0.15) is 5.10 Å². The smallest absolute Gasteiger partial charge is 0.275 e. The van der Waals surface area contributed by atoms with Crippen LogP contribution >= 0.6 is 0 Å². The number of hydrogen-bond acceptors (Lipinski definition) is 6. The molecule has 7 nitrogen and oxygen atoms in total. The Morgan fingerprint density at radius 2 is 1.29 bits per heavy atom. The Kier molecular flexibility index (Phi) is 7.39. The average Bonchev–Trinajstić information content (AvgIpc) is 3.18. The Morgan fingerprint density at radius 1 is 0.737 bits per heavy atom. The molecule has 2 heterocycles. The van der Waals surface area contributed by atoms with E-state index in [9.17, 15) is 20.1 Å². The maximum absolute atomic E-state index is 13.7. The molecule has 0 bridgehead atoms. The van der Waals surface area contributed by atoms with Crippen LogP contribution in [0.4, 0.5) is 0 Å². The molecule has 2 aliphatic rings. The molecule has 4 aromatic rings. The van der Waals surface area contributed by atoms with Crippen LogP contribution in [0.2, 0.25) is 0 Å². The molecule has 194 valence electrons. The van der Waals surface area contributed by atoms with Gasteiger partial charge in [0.05, 0.1) is 6.21 Å². The highest BCUT2D eigenvalue weighted by Gasteiger charge is 2.57. The first kappa shape index (κ1) is 26.3. The lowest BCUT2D eigenvalue weighted by Gasteiger charge is -2.41. The van der Waals surface area contributed by atoms with Gasteiger partial charge in [0.1, 0.15) is 34.3 Å². The van der Waals surface area contributed by atoms with E-state index in [1.807, 2.05) is 39.8 Å². The van der Waals surface area contributed by atoms with Gasteiger partial charge in [0.25, 0.3) is 5.91 Å². The summed E-state index contributed by atoms with van der Waals surface area (Å²) in [5.41, 5.74) is 1.60. The Morgan fingerprint density at radius 3 is 1.89 bits per heavy atom. The molecule has 0 saturated carbocycles. The standard InChI is InChI=1S/C27H18N2O5.2C2H6/c30-17-9-11-21-24(13-17)34-25-14-18(31)10-12-22(25)27(21)20-7-3-2-6-19(20)26(33)29(27)28-15-16-5-1-4-8-23(16)32;2*1-2/h1-15,30-32H;2*1-2H3. The SMILES string of the molecule is CC.CC.O=C1c2ccccc2C2(c3ccc(O)cc3Oc3cc(O)ccc32)N1N=Cc1ccccc1O. The number of hydrogen-bond donors (Lipinski definition) is 3. The van der Waals surface area contributed by atoms with Crippen molar-refractivity contribution in [1.29, 1.82) is 0 Å². The zero-order chi connectivity index (χ0) is 27.4. The van der Waals surface area contributed by atoms with E-state index >= 15 is 0 Å². The number of benzene rings is 4. The van der Waals surface area contributed by atoms with E-state index in [0.717, 1.165) is 0 Å². The molecule has 0 fully saturated rings. The topological polar surface area (TPSA) is 103 Å². The molecule has 4 aromatic carbocycles. The van der Waals surface area contributed by atoms with Crippen LogP contribution in [0.1, 0.15) is 60.3 Å². The number of hydrazone groups is 1. The number of carbonyl (C=O) groups is 1. The van der Waals surface area contributed by atoms with Crippen LogP contribution in [0.25, 0.3) is 0 Å². The first-order valence-corrected chi connectivity index (χ1v) is 12.6. The molecule has 0 atom stereocenters. The summed E-state index contributed by atoms with van der Waals surface area (Å²) in [5, 5.41) is 36.5. The molecule has 1 spiro atoms. The van der Waals surface area contributed by atoms with E-state index in [2.05, 4.69) is 5.10 Å². The van der Waals surface area contributed by atoms with Crippen molar-refractivity contribution in [2.75, 3.05) is 0 Å². The predicted octanol–water partition coefficient (Wildman–Crippen LogP) is 6.74. The summed E-state index contributed by atoms with van der Waals surface area (Å²) < 4.78 is 6.06. The van der Waals surface area contributed by atoms with Crippen LogP contribution in [0.3, 0.4) is 0 Å². The fourth-order valence-electron chi connectivity index (χ4n) is 4.79.